The van der Waals surface area contributed by atoms with E-state index in [4.69, 9.17) is 14.2 Å². The monoisotopic (exact) mass is 335 g/mol. The number of thiazole rings is 1. The van der Waals surface area contributed by atoms with Crippen LogP contribution in [0.3, 0.4) is 0 Å². The molecular formula is C16H17NO5S. The lowest BCUT2D eigenvalue weighted by Crippen LogP contribution is -2.12. The summed E-state index contributed by atoms with van der Waals surface area (Å²) in [5, 5.41) is 0.541. The minimum Gasteiger partial charge on any atom is -0.497 e. The van der Waals surface area contributed by atoms with Crippen LogP contribution in [-0.4, -0.2) is 37.2 Å². The molecule has 2 rings (SSSR count). The van der Waals surface area contributed by atoms with Gasteiger partial charge >= 0.3 is 11.9 Å². The second kappa shape index (κ2) is 7.73. The summed E-state index contributed by atoms with van der Waals surface area (Å²) < 4.78 is 15.1. The zero-order chi connectivity index (χ0) is 16.8. The van der Waals surface area contributed by atoms with Gasteiger partial charge in [0.1, 0.15) is 15.6 Å². The first-order valence-electron chi connectivity index (χ1n) is 7.10. The minimum atomic E-state index is -0.633. The Bertz CT molecular complexity index is 657. The van der Waals surface area contributed by atoms with Gasteiger partial charge in [0.25, 0.3) is 0 Å². The molecule has 0 saturated heterocycles. The molecule has 0 aliphatic carbocycles. The van der Waals surface area contributed by atoms with Crippen molar-refractivity contribution < 1.29 is 23.8 Å². The molecule has 0 aliphatic rings. The molecule has 0 fully saturated rings. The molecule has 1 aromatic heterocycles. The number of carbonyl (C=O) groups excluding carboxylic acids is 2. The van der Waals surface area contributed by atoms with Crippen LogP contribution < -0.4 is 4.74 Å². The van der Waals surface area contributed by atoms with Gasteiger partial charge in [-0.15, -0.1) is 11.3 Å². The predicted octanol–water partition coefficient (Wildman–Crippen LogP) is 3.17. The molecule has 1 aromatic carbocycles. The average Bonchev–Trinajstić information content (AvgIpc) is 3.01. The van der Waals surface area contributed by atoms with Gasteiger partial charge in [-0.25, -0.2) is 14.6 Å². The maximum absolute atomic E-state index is 12.0. The summed E-state index contributed by atoms with van der Waals surface area (Å²) in [7, 11) is 1.58. The predicted molar refractivity (Wildman–Crippen MR) is 86.0 cm³/mol. The highest BCUT2D eigenvalue weighted by Gasteiger charge is 2.25. The Morgan fingerprint density at radius 2 is 1.65 bits per heavy atom. The molecular weight excluding hydrogens is 318 g/mol. The number of hydrogen-bond acceptors (Lipinski definition) is 7. The fourth-order valence-electron chi connectivity index (χ4n) is 1.85. The zero-order valence-electron chi connectivity index (χ0n) is 13.1. The van der Waals surface area contributed by atoms with Crippen LogP contribution in [0.1, 0.15) is 34.0 Å². The fourth-order valence-corrected chi connectivity index (χ4v) is 2.80. The molecule has 0 saturated carbocycles. The quantitative estimate of drug-likeness (QED) is 0.755. The smallest absolute Gasteiger partial charge is 0.358 e. The number of ether oxygens (including phenoxy) is 3. The Morgan fingerprint density at radius 3 is 2.22 bits per heavy atom. The number of carbonyl (C=O) groups is 2. The van der Waals surface area contributed by atoms with E-state index in [1.54, 1.807) is 33.1 Å². The van der Waals surface area contributed by atoms with E-state index in [0.717, 1.165) is 16.9 Å². The highest BCUT2D eigenvalue weighted by Crippen LogP contribution is 2.30. The van der Waals surface area contributed by atoms with Crippen LogP contribution in [0.5, 0.6) is 5.75 Å². The summed E-state index contributed by atoms with van der Waals surface area (Å²) in [6.07, 6.45) is 0. The van der Waals surface area contributed by atoms with E-state index in [0.29, 0.717) is 10.8 Å². The second-order valence-corrected chi connectivity index (χ2v) is 5.37. The van der Waals surface area contributed by atoms with E-state index < -0.39 is 11.9 Å². The lowest BCUT2D eigenvalue weighted by molar-refractivity contribution is 0.0479. The largest absolute Gasteiger partial charge is 0.497 e. The number of aromatic nitrogens is 1. The van der Waals surface area contributed by atoms with Crippen LogP contribution in [-0.2, 0) is 9.47 Å². The van der Waals surface area contributed by atoms with Crippen molar-refractivity contribution in [1.29, 1.82) is 0 Å². The van der Waals surface area contributed by atoms with Crippen LogP contribution >= 0.6 is 11.3 Å². The first-order valence-corrected chi connectivity index (χ1v) is 7.91. The van der Waals surface area contributed by atoms with Gasteiger partial charge in [-0.1, -0.05) is 0 Å². The molecule has 0 unspecified atom stereocenters. The summed E-state index contributed by atoms with van der Waals surface area (Å²) in [4.78, 5) is 28.5. The lowest BCUT2D eigenvalue weighted by atomic mass is 10.2. The highest BCUT2D eigenvalue weighted by molar-refractivity contribution is 7.17. The van der Waals surface area contributed by atoms with E-state index in [1.165, 1.54) is 0 Å². The van der Waals surface area contributed by atoms with Crippen molar-refractivity contribution in [3.8, 4) is 16.3 Å². The molecule has 0 radical (unpaired) electrons. The van der Waals surface area contributed by atoms with Gasteiger partial charge in [0.15, 0.2) is 5.69 Å². The summed E-state index contributed by atoms with van der Waals surface area (Å²) in [5.74, 6) is -0.499. The molecule has 23 heavy (non-hydrogen) atoms. The van der Waals surface area contributed by atoms with E-state index >= 15 is 0 Å². The molecule has 0 N–H and O–H groups in total. The van der Waals surface area contributed by atoms with Crippen LogP contribution in [0.15, 0.2) is 24.3 Å². The van der Waals surface area contributed by atoms with Crippen molar-refractivity contribution in [2.24, 2.45) is 0 Å². The number of benzene rings is 1. The third kappa shape index (κ3) is 3.87. The summed E-state index contributed by atoms with van der Waals surface area (Å²) in [6, 6.07) is 7.18. The van der Waals surface area contributed by atoms with Crippen molar-refractivity contribution in [2.75, 3.05) is 20.3 Å². The van der Waals surface area contributed by atoms with Gasteiger partial charge < -0.3 is 14.2 Å². The molecule has 0 amide bonds. The third-order valence-electron chi connectivity index (χ3n) is 2.89. The molecule has 0 aliphatic heterocycles. The van der Waals surface area contributed by atoms with E-state index in [-0.39, 0.29) is 23.8 Å². The third-order valence-corrected chi connectivity index (χ3v) is 3.98. The van der Waals surface area contributed by atoms with E-state index in [9.17, 15) is 9.59 Å². The van der Waals surface area contributed by atoms with Gasteiger partial charge in [-0.05, 0) is 38.1 Å². The number of rotatable bonds is 6. The minimum absolute atomic E-state index is 0.0129. The fraction of sp³-hybridized carbons (Fsp3) is 0.312. The number of hydrogen-bond donors (Lipinski definition) is 0. The van der Waals surface area contributed by atoms with Crippen molar-refractivity contribution in [3.05, 3.63) is 34.8 Å². The van der Waals surface area contributed by atoms with Crippen LogP contribution in [0, 0.1) is 0 Å². The maximum atomic E-state index is 12.0. The van der Waals surface area contributed by atoms with Gasteiger partial charge in [0.05, 0.1) is 20.3 Å². The van der Waals surface area contributed by atoms with Gasteiger partial charge in [0.2, 0.25) is 0 Å². The number of nitrogens with zero attached hydrogens (tertiary/aromatic N) is 1. The molecule has 0 atom stereocenters. The van der Waals surface area contributed by atoms with Crippen molar-refractivity contribution >= 4 is 23.3 Å². The molecule has 1 heterocycles. The Balaban J connectivity index is 2.42. The Labute approximate surface area is 138 Å². The summed E-state index contributed by atoms with van der Waals surface area (Å²) >= 11 is 1.10. The highest BCUT2D eigenvalue weighted by atomic mass is 32.1. The van der Waals surface area contributed by atoms with Crippen LogP contribution in [0.25, 0.3) is 10.6 Å². The summed E-state index contributed by atoms with van der Waals surface area (Å²) in [5.41, 5.74) is 0.762. The standard InChI is InChI=1S/C16H17NO5S/c1-4-21-15(18)12-13(16(19)22-5-2)23-14(17-12)10-6-8-11(20-3)9-7-10/h6-9H,4-5H2,1-3H3. The average molecular weight is 335 g/mol. The number of methoxy groups -OCH3 is 1. The number of esters is 2. The first kappa shape index (κ1) is 17.0. The van der Waals surface area contributed by atoms with Crippen LogP contribution in [0.4, 0.5) is 0 Å². The van der Waals surface area contributed by atoms with E-state index in [1.807, 2.05) is 12.1 Å². The molecule has 6 nitrogen and oxygen atoms in total. The van der Waals surface area contributed by atoms with Crippen molar-refractivity contribution in [1.82, 2.24) is 4.98 Å². The molecule has 7 heteroatoms. The first-order chi connectivity index (χ1) is 11.1. The maximum Gasteiger partial charge on any atom is 0.358 e. The normalized spacial score (nSPS) is 10.2. The molecule has 0 spiro atoms. The van der Waals surface area contributed by atoms with Crippen molar-refractivity contribution in [2.45, 2.75) is 13.8 Å². The Hall–Kier alpha value is -2.41. The van der Waals surface area contributed by atoms with E-state index in [2.05, 4.69) is 4.98 Å². The SMILES string of the molecule is CCOC(=O)c1nc(-c2ccc(OC)cc2)sc1C(=O)OCC. The Morgan fingerprint density at radius 1 is 1.04 bits per heavy atom. The molecule has 2 aromatic rings. The Kier molecular flexibility index (Phi) is 5.70. The topological polar surface area (TPSA) is 74.7 Å². The van der Waals surface area contributed by atoms with Crippen molar-refractivity contribution in [3.63, 3.8) is 0 Å². The van der Waals surface area contributed by atoms with Gasteiger partial charge in [-0.2, -0.15) is 0 Å². The van der Waals surface area contributed by atoms with Gasteiger partial charge in [0, 0.05) is 5.56 Å². The summed E-state index contributed by atoms with van der Waals surface area (Å²) in [6.45, 7) is 3.82. The molecule has 0 bridgehead atoms. The zero-order valence-corrected chi connectivity index (χ0v) is 13.9. The van der Waals surface area contributed by atoms with Crippen LogP contribution in [0.2, 0.25) is 0 Å². The van der Waals surface area contributed by atoms with Gasteiger partial charge in [-0.3, -0.25) is 0 Å². The molecule has 122 valence electrons. The second-order valence-electron chi connectivity index (χ2n) is 4.37. The lowest BCUT2D eigenvalue weighted by Gasteiger charge is -2.01.